The average molecular weight is 347 g/mol. The van der Waals surface area contributed by atoms with Gasteiger partial charge in [-0.3, -0.25) is 9.69 Å². The Balaban J connectivity index is 1.90. The molecule has 4 heteroatoms. The van der Waals surface area contributed by atoms with Gasteiger partial charge in [-0.25, -0.2) is 0 Å². The first kappa shape index (κ1) is 19.9. The van der Waals surface area contributed by atoms with Gasteiger partial charge in [0.1, 0.15) is 6.10 Å². The third kappa shape index (κ3) is 6.44. The van der Waals surface area contributed by atoms with Crippen LogP contribution in [0.5, 0.6) is 0 Å². The second kappa shape index (κ2) is 9.93. The van der Waals surface area contributed by atoms with Gasteiger partial charge in [-0.2, -0.15) is 0 Å². The van der Waals surface area contributed by atoms with Gasteiger partial charge in [-0.05, 0) is 50.3 Å². The second-order valence-corrected chi connectivity index (χ2v) is 7.67. The number of rotatable bonds is 8. The number of nitrogens with one attached hydrogen (secondary N) is 1. The number of likely N-dealkylation sites (tertiary alicyclic amines) is 1. The highest BCUT2D eigenvalue weighted by Gasteiger charge is 2.19. The van der Waals surface area contributed by atoms with E-state index in [0.29, 0.717) is 25.1 Å². The Labute approximate surface area is 152 Å². The fourth-order valence-electron chi connectivity index (χ4n) is 3.23. The van der Waals surface area contributed by atoms with Gasteiger partial charge in [0, 0.05) is 25.7 Å². The Morgan fingerprint density at radius 3 is 2.64 bits per heavy atom. The van der Waals surface area contributed by atoms with E-state index in [1.165, 1.54) is 36.9 Å². The molecule has 1 N–H and O–H groups in total. The number of piperidine rings is 1. The predicted molar refractivity (Wildman–Crippen MR) is 102 cm³/mol. The molecule has 0 saturated carbocycles. The number of hydrogen-bond donors (Lipinski definition) is 1. The number of nitrogens with zero attached hydrogens (tertiary/aromatic N) is 1. The largest absolute Gasteiger partial charge is 0.368 e. The van der Waals surface area contributed by atoms with Crippen LogP contribution in [0.1, 0.15) is 58.1 Å². The van der Waals surface area contributed by atoms with Gasteiger partial charge in [0.25, 0.3) is 0 Å². The lowest BCUT2D eigenvalue weighted by molar-refractivity contribution is -0.132. The zero-order valence-electron chi connectivity index (χ0n) is 16.3. The zero-order chi connectivity index (χ0) is 18.2. The van der Waals surface area contributed by atoms with Crippen molar-refractivity contribution in [2.75, 3.05) is 13.2 Å². The highest BCUT2D eigenvalue weighted by Crippen LogP contribution is 2.20. The summed E-state index contributed by atoms with van der Waals surface area (Å²) in [5.41, 5.74) is 2.51. The van der Waals surface area contributed by atoms with Crippen LogP contribution in [0.2, 0.25) is 0 Å². The lowest BCUT2D eigenvalue weighted by Gasteiger charge is -2.33. The van der Waals surface area contributed by atoms with E-state index in [1.54, 1.807) is 0 Å². The van der Waals surface area contributed by atoms with E-state index in [2.05, 4.69) is 49.2 Å². The van der Waals surface area contributed by atoms with Crippen LogP contribution in [-0.2, 0) is 22.6 Å². The van der Waals surface area contributed by atoms with Gasteiger partial charge in [0.2, 0.25) is 5.91 Å². The maximum atomic E-state index is 12.2. The topological polar surface area (TPSA) is 41.6 Å². The van der Waals surface area contributed by atoms with Crippen LogP contribution in [-0.4, -0.2) is 36.1 Å². The number of amides is 1. The minimum Gasteiger partial charge on any atom is -0.368 e. The molecule has 0 aromatic heterocycles. The summed E-state index contributed by atoms with van der Waals surface area (Å²) in [5.74, 6) is 0.393. The fraction of sp³-hybridized carbons (Fsp3) is 0.667. The zero-order valence-corrected chi connectivity index (χ0v) is 16.3. The predicted octanol–water partition coefficient (Wildman–Crippen LogP) is 3.74. The lowest BCUT2D eigenvalue weighted by atomic mass is 10.0. The third-order valence-corrected chi connectivity index (χ3v) is 4.93. The summed E-state index contributed by atoms with van der Waals surface area (Å²) in [4.78, 5) is 14.8. The Morgan fingerprint density at radius 1 is 1.24 bits per heavy atom. The highest BCUT2D eigenvalue weighted by molar-refractivity contribution is 5.80. The van der Waals surface area contributed by atoms with E-state index in [4.69, 9.17) is 4.74 Å². The van der Waals surface area contributed by atoms with Crippen LogP contribution in [0.4, 0.5) is 0 Å². The third-order valence-electron chi connectivity index (χ3n) is 4.93. The van der Waals surface area contributed by atoms with Gasteiger partial charge in [-0.1, -0.05) is 44.5 Å². The van der Waals surface area contributed by atoms with E-state index < -0.39 is 6.10 Å². The maximum Gasteiger partial charge on any atom is 0.249 e. The van der Waals surface area contributed by atoms with Crippen molar-refractivity contribution in [2.24, 2.45) is 5.92 Å². The van der Waals surface area contributed by atoms with E-state index in [0.717, 1.165) is 6.54 Å². The van der Waals surface area contributed by atoms with Crippen molar-refractivity contribution < 1.29 is 9.53 Å². The minimum absolute atomic E-state index is 0.0400. The second-order valence-electron chi connectivity index (χ2n) is 7.67. The standard InChI is InChI=1S/C21H34N2O2/c1-16(2)15-25-18(4)21(24)22-13-19-10-5-6-11-20(19)14-23-12-8-7-9-17(23)3/h5-6,10-11,16-18H,7-9,12-15H2,1-4H3,(H,22,24)/t17-,18-/m1/s1. The molecule has 1 aliphatic heterocycles. The molecule has 0 aliphatic carbocycles. The number of carbonyl (C=O) groups is 1. The maximum absolute atomic E-state index is 12.2. The summed E-state index contributed by atoms with van der Waals surface area (Å²) >= 11 is 0. The molecule has 1 aromatic rings. The minimum atomic E-state index is -0.406. The first-order valence-corrected chi connectivity index (χ1v) is 9.67. The van der Waals surface area contributed by atoms with Gasteiger partial charge in [0.15, 0.2) is 0 Å². The van der Waals surface area contributed by atoms with Crippen LogP contribution >= 0.6 is 0 Å². The normalized spacial score (nSPS) is 19.8. The molecule has 2 atom stereocenters. The molecule has 0 unspecified atom stereocenters. The first-order valence-electron chi connectivity index (χ1n) is 9.67. The first-order chi connectivity index (χ1) is 12.0. The molecule has 1 aromatic carbocycles. The Bertz CT molecular complexity index is 544. The number of ether oxygens (including phenoxy) is 1. The fourth-order valence-corrected chi connectivity index (χ4v) is 3.23. The van der Waals surface area contributed by atoms with Crippen LogP contribution < -0.4 is 5.32 Å². The molecule has 0 bridgehead atoms. The van der Waals surface area contributed by atoms with Gasteiger partial charge in [0.05, 0.1) is 0 Å². The molecule has 25 heavy (non-hydrogen) atoms. The Hall–Kier alpha value is -1.39. The Morgan fingerprint density at radius 2 is 1.96 bits per heavy atom. The molecule has 1 saturated heterocycles. The van der Waals surface area contributed by atoms with Gasteiger partial charge < -0.3 is 10.1 Å². The highest BCUT2D eigenvalue weighted by atomic mass is 16.5. The Kier molecular flexibility index (Phi) is 7.91. The van der Waals surface area contributed by atoms with Gasteiger partial charge in [-0.15, -0.1) is 0 Å². The summed E-state index contributed by atoms with van der Waals surface area (Å²) in [6.45, 7) is 11.6. The molecule has 1 heterocycles. The van der Waals surface area contributed by atoms with Crippen molar-refractivity contribution in [1.82, 2.24) is 10.2 Å². The van der Waals surface area contributed by atoms with Crippen LogP contribution in [0.15, 0.2) is 24.3 Å². The summed E-state index contributed by atoms with van der Waals surface area (Å²) in [6.07, 6.45) is 3.50. The summed E-state index contributed by atoms with van der Waals surface area (Å²) in [7, 11) is 0. The number of hydrogen-bond acceptors (Lipinski definition) is 3. The summed E-state index contributed by atoms with van der Waals surface area (Å²) in [5, 5.41) is 3.03. The van der Waals surface area contributed by atoms with Crippen LogP contribution in [0, 0.1) is 5.92 Å². The van der Waals surface area contributed by atoms with Crippen molar-refractivity contribution >= 4 is 5.91 Å². The molecule has 0 radical (unpaired) electrons. The average Bonchev–Trinajstić information content (AvgIpc) is 2.60. The van der Waals surface area contributed by atoms with Crippen LogP contribution in [0.3, 0.4) is 0 Å². The van der Waals surface area contributed by atoms with Crippen molar-refractivity contribution in [1.29, 1.82) is 0 Å². The van der Waals surface area contributed by atoms with E-state index >= 15 is 0 Å². The van der Waals surface area contributed by atoms with Crippen molar-refractivity contribution in [3.63, 3.8) is 0 Å². The smallest absolute Gasteiger partial charge is 0.249 e. The van der Waals surface area contributed by atoms with Gasteiger partial charge >= 0.3 is 0 Å². The molecule has 4 nitrogen and oxygen atoms in total. The van der Waals surface area contributed by atoms with Crippen molar-refractivity contribution in [3.05, 3.63) is 35.4 Å². The van der Waals surface area contributed by atoms with E-state index in [1.807, 2.05) is 13.0 Å². The number of carbonyl (C=O) groups excluding carboxylic acids is 1. The molecule has 2 rings (SSSR count). The summed E-state index contributed by atoms with van der Waals surface area (Å²) in [6, 6.07) is 9.07. The number of benzene rings is 1. The molecule has 0 spiro atoms. The summed E-state index contributed by atoms with van der Waals surface area (Å²) < 4.78 is 5.60. The van der Waals surface area contributed by atoms with Crippen molar-refractivity contribution in [2.45, 2.75) is 72.2 Å². The molecule has 1 amide bonds. The molecule has 140 valence electrons. The van der Waals surface area contributed by atoms with Crippen molar-refractivity contribution in [3.8, 4) is 0 Å². The lowest BCUT2D eigenvalue weighted by Crippen LogP contribution is -2.37. The van der Waals surface area contributed by atoms with Crippen LogP contribution in [0.25, 0.3) is 0 Å². The molecule has 1 aliphatic rings. The quantitative estimate of drug-likeness (QED) is 0.780. The SMILES string of the molecule is CC(C)CO[C@H](C)C(=O)NCc1ccccc1CN1CCCC[C@H]1C. The molecule has 1 fully saturated rings. The van der Waals surface area contributed by atoms with E-state index in [9.17, 15) is 4.79 Å². The van der Waals surface area contributed by atoms with E-state index in [-0.39, 0.29) is 5.91 Å². The molecular formula is C21H34N2O2. The monoisotopic (exact) mass is 346 g/mol. The molecular weight excluding hydrogens is 312 g/mol.